The number of halogens is 1. The molecule has 1 aromatic rings. The van der Waals surface area contributed by atoms with E-state index in [-0.39, 0.29) is 0 Å². The van der Waals surface area contributed by atoms with Crippen molar-refractivity contribution in [1.29, 1.82) is 0 Å². The lowest BCUT2D eigenvalue weighted by Crippen LogP contribution is -2.29. The van der Waals surface area contributed by atoms with Crippen molar-refractivity contribution >= 4 is 17.3 Å². The second kappa shape index (κ2) is 7.65. The number of hydrogen-bond acceptors (Lipinski definition) is 2. The monoisotopic (exact) mass is 268 g/mol. The van der Waals surface area contributed by atoms with Gasteiger partial charge in [0.05, 0.1) is 0 Å². The molecular weight excluding hydrogens is 244 g/mol. The molecule has 1 aromatic carbocycles. The van der Waals surface area contributed by atoms with Gasteiger partial charge in [-0.3, -0.25) is 0 Å². The fourth-order valence-electron chi connectivity index (χ4n) is 2.10. The van der Waals surface area contributed by atoms with E-state index in [2.05, 4.69) is 37.8 Å². The number of hydrogen-bond donors (Lipinski definition) is 1. The molecule has 1 unspecified atom stereocenters. The molecule has 0 saturated carbocycles. The highest BCUT2D eigenvalue weighted by Gasteiger charge is 2.12. The van der Waals surface area contributed by atoms with Crippen LogP contribution in [0.4, 0.5) is 5.69 Å². The van der Waals surface area contributed by atoms with Crippen LogP contribution in [-0.4, -0.2) is 19.6 Å². The molecule has 2 nitrogen and oxygen atoms in total. The number of benzene rings is 1. The number of anilines is 1. The normalized spacial score (nSPS) is 12.5. The fraction of sp³-hybridized carbons (Fsp3) is 0.600. The van der Waals surface area contributed by atoms with E-state index >= 15 is 0 Å². The van der Waals surface area contributed by atoms with Crippen molar-refractivity contribution in [3.63, 3.8) is 0 Å². The first-order valence-corrected chi connectivity index (χ1v) is 7.23. The van der Waals surface area contributed by atoms with Gasteiger partial charge in [0.15, 0.2) is 0 Å². The molecule has 0 aliphatic rings. The predicted octanol–water partition coefficient (Wildman–Crippen LogP) is 3.71. The van der Waals surface area contributed by atoms with E-state index in [9.17, 15) is 0 Å². The third-order valence-corrected chi connectivity index (χ3v) is 3.65. The molecule has 0 aliphatic carbocycles. The lowest BCUT2D eigenvalue weighted by atomic mass is 10.1. The van der Waals surface area contributed by atoms with E-state index in [1.54, 1.807) is 0 Å². The summed E-state index contributed by atoms with van der Waals surface area (Å²) in [7, 11) is 0. The maximum Gasteiger partial charge on any atom is 0.0426 e. The van der Waals surface area contributed by atoms with Gasteiger partial charge in [0, 0.05) is 23.8 Å². The van der Waals surface area contributed by atoms with Gasteiger partial charge < -0.3 is 10.6 Å². The Labute approximate surface area is 116 Å². The fourth-order valence-corrected chi connectivity index (χ4v) is 2.27. The van der Waals surface area contributed by atoms with Crippen LogP contribution in [0.15, 0.2) is 18.2 Å². The van der Waals surface area contributed by atoms with E-state index < -0.39 is 0 Å². The zero-order valence-electron chi connectivity index (χ0n) is 11.7. The quantitative estimate of drug-likeness (QED) is 0.817. The summed E-state index contributed by atoms with van der Waals surface area (Å²) in [6.07, 6.45) is 2.10. The van der Waals surface area contributed by atoms with Crippen LogP contribution in [0.3, 0.4) is 0 Å². The van der Waals surface area contributed by atoms with Gasteiger partial charge in [-0.25, -0.2) is 0 Å². The van der Waals surface area contributed by atoms with Gasteiger partial charge in [-0.1, -0.05) is 37.9 Å². The molecule has 0 saturated heterocycles. The standard InChI is InChI=1S/C15H25ClN2/c1-4-12(3)11-18(5-2)15-10-14(16)7-6-13(15)8-9-17/h6-7,10,12H,4-5,8-9,11,17H2,1-3H3. The predicted molar refractivity (Wildman–Crippen MR) is 81.6 cm³/mol. The summed E-state index contributed by atoms with van der Waals surface area (Å²) in [4.78, 5) is 2.41. The van der Waals surface area contributed by atoms with Gasteiger partial charge in [0.2, 0.25) is 0 Å². The van der Waals surface area contributed by atoms with Crippen LogP contribution in [0.1, 0.15) is 32.8 Å². The second-order valence-electron chi connectivity index (χ2n) is 4.86. The topological polar surface area (TPSA) is 29.3 Å². The molecular formula is C15H25ClN2. The third kappa shape index (κ3) is 4.18. The van der Waals surface area contributed by atoms with Gasteiger partial charge in [-0.2, -0.15) is 0 Å². The summed E-state index contributed by atoms with van der Waals surface area (Å²) in [5.74, 6) is 0.689. The molecule has 0 bridgehead atoms. The highest BCUT2D eigenvalue weighted by molar-refractivity contribution is 6.30. The Kier molecular flexibility index (Phi) is 6.51. The summed E-state index contributed by atoms with van der Waals surface area (Å²) >= 11 is 6.13. The van der Waals surface area contributed by atoms with Crippen molar-refractivity contribution in [3.8, 4) is 0 Å². The Morgan fingerprint density at radius 3 is 2.61 bits per heavy atom. The van der Waals surface area contributed by atoms with E-state index in [0.717, 1.165) is 24.5 Å². The third-order valence-electron chi connectivity index (χ3n) is 3.41. The molecule has 102 valence electrons. The highest BCUT2D eigenvalue weighted by atomic mass is 35.5. The van der Waals surface area contributed by atoms with Crippen LogP contribution >= 0.6 is 11.6 Å². The molecule has 0 heterocycles. The van der Waals surface area contributed by atoms with Crippen LogP contribution in [-0.2, 0) is 6.42 Å². The molecule has 0 aromatic heterocycles. The summed E-state index contributed by atoms with van der Waals surface area (Å²) in [6, 6.07) is 6.12. The minimum atomic E-state index is 0.676. The summed E-state index contributed by atoms with van der Waals surface area (Å²) in [5, 5.41) is 0.799. The molecule has 0 fully saturated rings. The second-order valence-corrected chi connectivity index (χ2v) is 5.30. The van der Waals surface area contributed by atoms with Crippen molar-refractivity contribution in [2.75, 3.05) is 24.5 Å². The minimum absolute atomic E-state index is 0.676. The maximum atomic E-state index is 6.13. The zero-order valence-corrected chi connectivity index (χ0v) is 12.5. The van der Waals surface area contributed by atoms with Crippen molar-refractivity contribution in [1.82, 2.24) is 0 Å². The smallest absolute Gasteiger partial charge is 0.0426 e. The van der Waals surface area contributed by atoms with Crippen molar-refractivity contribution < 1.29 is 0 Å². The Balaban J connectivity index is 2.98. The van der Waals surface area contributed by atoms with Crippen LogP contribution in [0.25, 0.3) is 0 Å². The first-order chi connectivity index (χ1) is 8.62. The van der Waals surface area contributed by atoms with Crippen LogP contribution in [0.5, 0.6) is 0 Å². The summed E-state index contributed by atoms with van der Waals surface area (Å²) in [6.45, 7) is 9.46. The molecule has 0 aliphatic heterocycles. The van der Waals surface area contributed by atoms with E-state index in [1.807, 2.05) is 6.07 Å². The van der Waals surface area contributed by atoms with Gasteiger partial charge in [-0.05, 0) is 43.5 Å². The summed E-state index contributed by atoms with van der Waals surface area (Å²) in [5.41, 5.74) is 8.23. The Bertz CT molecular complexity index is 366. The average molecular weight is 269 g/mol. The van der Waals surface area contributed by atoms with Crippen molar-refractivity contribution in [2.45, 2.75) is 33.6 Å². The lowest BCUT2D eigenvalue weighted by Gasteiger charge is -2.28. The van der Waals surface area contributed by atoms with Gasteiger partial charge in [-0.15, -0.1) is 0 Å². The van der Waals surface area contributed by atoms with Gasteiger partial charge >= 0.3 is 0 Å². The number of rotatable bonds is 7. The van der Waals surface area contributed by atoms with Crippen molar-refractivity contribution in [2.24, 2.45) is 11.7 Å². The van der Waals surface area contributed by atoms with Crippen LogP contribution in [0.2, 0.25) is 5.02 Å². The van der Waals surface area contributed by atoms with Crippen LogP contribution < -0.4 is 10.6 Å². The average Bonchev–Trinajstić information content (AvgIpc) is 2.38. The molecule has 1 rings (SSSR count). The molecule has 18 heavy (non-hydrogen) atoms. The Morgan fingerprint density at radius 1 is 1.33 bits per heavy atom. The Morgan fingerprint density at radius 2 is 2.06 bits per heavy atom. The van der Waals surface area contributed by atoms with Gasteiger partial charge in [0.1, 0.15) is 0 Å². The van der Waals surface area contributed by atoms with Crippen LogP contribution in [0, 0.1) is 5.92 Å². The minimum Gasteiger partial charge on any atom is -0.371 e. The highest BCUT2D eigenvalue weighted by Crippen LogP contribution is 2.26. The SMILES string of the molecule is CCC(C)CN(CC)c1cc(Cl)ccc1CCN. The molecule has 0 radical (unpaired) electrons. The van der Waals surface area contributed by atoms with Crippen molar-refractivity contribution in [3.05, 3.63) is 28.8 Å². The molecule has 2 N–H and O–H groups in total. The molecule has 0 amide bonds. The summed E-state index contributed by atoms with van der Waals surface area (Å²) < 4.78 is 0. The van der Waals surface area contributed by atoms with E-state index in [4.69, 9.17) is 17.3 Å². The van der Waals surface area contributed by atoms with E-state index in [1.165, 1.54) is 17.7 Å². The van der Waals surface area contributed by atoms with E-state index in [0.29, 0.717) is 12.5 Å². The Hall–Kier alpha value is -0.730. The number of nitrogens with two attached hydrogens (primary N) is 1. The van der Waals surface area contributed by atoms with Gasteiger partial charge in [0.25, 0.3) is 0 Å². The lowest BCUT2D eigenvalue weighted by molar-refractivity contribution is 0.547. The first kappa shape index (κ1) is 15.3. The first-order valence-electron chi connectivity index (χ1n) is 6.85. The molecule has 1 atom stereocenters. The number of nitrogens with zero attached hydrogens (tertiary/aromatic N) is 1. The maximum absolute atomic E-state index is 6.13. The molecule has 3 heteroatoms. The largest absolute Gasteiger partial charge is 0.371 e. The zero-order chi connectivity index (χ0) is 13.5. The molecule has 0 spiro atoms.